The molecule has 0 spiro atoms. The van der Waals surface area contributed by atoms with E-state index in [-0.39, 0.29) is 0 Å². The van der Waals surface area contributed by atoms with E-state index in [0.717, 1.165) is 18.6 Å². The lowest BCUT2D eigenvalue weighted by molar-refractivity contribution is 0.299. The number of nitrogens with zero attached hydrogens (tertiary/aromatic N) is 1. The van der Waals surface area contributed by atoms with E-state index < -0.39 is 0 Å². The number of nitrogens with one attached hydrogen (secondary N) is 1. The van der Waals surface area contributed by atoms with Crippen molar-refractivity contribution in [3.63, 3.8) is 0 Å². The second-order valence-electron chi connectivity index (χ2n) is 5.05. The van der Waals surface area contributed by atoms with Gasteiger partial charge in [0.2, 0.25) is 0 Å². The third-order valence-electron chi connectivity index (χ3n) is 4.01. The van der Waals surface area contributed by atoms with E-state index in [2.05, 4.69) is 38.3 Å². The van der Waals surface area contributed by atoms with Crippen LogP contribution in [0.3, 0.4) is 0 Å². The van der Waals surface area contributed by atoms with Crippen LogP contribution in [0.2, 0.25) is 0 Å². The topological polar surface area (TPSA) is 15.3 Å². The first kappa shape index (κ1) is 12.2. The summed E-state index contributed by atoms with van der Waals surface area (Å²) in [5, 5.41) is 3.76. The molecule has 2 aliphatic heterocycles. The van der Waals surface area contributed by atoms with Crippen molar-refractivity contribution in [1.29, 1.82) is 0 Å². The molecule has 1 N–H and O–H groups in total. The molecule has 17 heavy (non-hydrogen) atoms. The fourth-order valence-electron chi connectivity index (χ4n) is 3.19. The maximum atomic E-state index is 3.76. The molecule has 0 radical (unpaired) electrons. The maximum absolute atomic E-state index is 3.76. The first-order valence-corrected chi connectivity index (χ1v) is 8.15. The van der Waals surface area contributed by atoms with Gasteiger partial charge in [-0.3, -0.25) is 4.90 Å². The van der Waals surface area contributed by atoms with Crippen LogP contribution >= 0.6 is 27.3 Å². The van der Waals surface area contributed by atoms with Gasteiger partial charge in [-0.1, -0.05) is 0 Å². The minimum Gasteiger partial charge on any atom is -0.312 e. The van der Waals surface area contributed by atoms with Gasteiger partial charge < -0.3 is 5.32 Å². The van der Waals surface area contributed by atoms with E-state index >= 15 is 0 Å². The number of hydrogen-bond acceptors (Lipinski definition) is 3. The first-order valence-electron chi connectivity index (χ1n) is 6.54. The third kappa shape index (κ3) is 2.75. The molecule has 1 aromatic heterocycles. The summed E-state index contributed by atoms with van der Waals surface area (Å²) in [5.41, 5.74) is 0. The minimum absolute atomic E-state index is 0.751. The molecule has 0 aromatic carbocycles. The zero-order valence-corrected chi connectivity index (χ0v) is 12.4. The fourth-order valence-corrected chi connectivity index (χ4v) is 4.67. The Morgan fingerprint density at radius 1 is 1.35 bits per heavy atom. The molecule has 94 valence electrons. The van der Waals surface area contributed by atoms with Crippen molar-refractivity contribution in [2.75, 3.05) is 19.6 Å². The summed E-state index contributed by atoms with van der Waals surface area (Å²) in [6, 6.07) is 5.97. The maximum Gasteiger partial charge on any atom is 0.0701 e. The molecular weight excluding hydrogens is 296 g/mol. The van der Waals surface area contributed by atoms with Gasteiger partial charge in [0.05, 0.1) is 3.79 Å². The quantitative estimate of drug-likeness (QED) is 0.919. The molecule has 2 atom stereocenters. The second kappa shape index (κ2) is 5.39. The lowest BCUT2D eigenvalue weighted by atomic mass is 10.1. The van der Waals surface area contributed by atoms with Crippen LogP contribution in [0, 0.1) is 0 Å². The Balaban J connectivity index is 1.45. The highest BCUT2D eigenvalue weighted by Gasteiger charge is 2.36. The number of rotatable bonds is 4. The van der Waals surface area contributed by atoms with Crippen molar-refractivity contribution in [3.05, 3.63) is 20.8 Å². The highest BCUT2D eigenvalue weighted by Crippen LogP contribution is 2.28. The average molecular weight is 315 g/mol. The van der Waals surface area contributed by atoms with E-state index in [1.165, 1.54) is 47.4 Å². The summed E-state index contributed by atoms with van der Waals surface area (Å²) in [4.78, 5) is 4.14. The van der Waals surface area contributed by atoms with Gasteiger partial charge in [0.25, 0.3) is 0 Å². The molecule has 2 nitrogen and oxygen atoms in total. The fraction of sp³-hybridized carbons (Fsp3) is 0.692. The third-order valence-corrected chi connectivity index (χ3v) is 5.70. The van der Waals surface area contributed by atoms with Crippen LogP contribution in [-0.2, 0) is 6.42 Å². The van der Waals surface area contributed by atoms with Gasteiger partial charge in [-0.05, 0) is 60.3 Å². The van der Waals surface area contributed by atoms with Crippen molar-refractivity contribution in [2.45, 2.75) is 37.8 Å². The lowest BCUT2D eigenvalue weighted by Crippen LogP contribution is -2.39. The lowest BCUT2D eigenvalue weighted by Gasteiger charge is -2.21. The number of halogens is 1. The summed E-state index contributed by atoms with van der Waals surface area (Å²) in [6.45, 7) is 3.77. The van der Waals surface area contributed by atoms with Crippen LogP contribution in [0.15, 0.2) is 15.9 Å². The van der Waals surface area contributed by atoms with Crippen LogP contribution in [0.4, 0.5) is 0 Å². The SMILES string of the molecule is Brc1ccc(CCNC2CCN3CCCC23)s1. The summed E-state index contributed by atoms with van der Waals surface area (Å²) >= 11 is 5.37. The van der Waals surface area contributed by atoms with Crippen molar-refractivity contribution in [1.82, 2.24) is 10.2 Å². The number of hydrogen-bond donors (Lipinski definition) is 1. The number of thiophene rings is 1. The molecule has 4 heteroatoms. The Bertz CT molecular complexity index is 379. The highest BCUT2D eigenvalue weighted by atomic mass is 79.9. The van der Waals surface area contributed by atoms with E-state index in [1.807, 2.05) is 11.3 Å². The summed E-state index contributed by atoms with van der Waals surface area (Å²) in [5.74, 6) is 0. The average Bonchev–Trinajstić information content (AvgIpc) is 2.97. The summed E-state index contributed by atoms with van der Waals surface area (Å²) in [6.07, 6.45) is 5.32. The summed E-state index contributed by atoms with van der Waals surface area (Å²) in [7, 11) is 0. The molecule has 2 fully saturated rings. The Hall–Kier alpha value is 0.1000. The molecular formula is C13H19BrN2S. The van der Waals surface area contributed by atoms with E-state index in [0.29, 0.717) is 0 Å². The predicted molar refractivity (Wildman–Crippen MR) is 76.7 cm³/mol. The summed E-state index contributed by atoms with van der Waals surface area (Å²) < 4.78 is 1.25. The first-order chi connectivity index (χ1) is 8.33. The van der Waals surface area contributed by atoms with Crippen molar-refractivity contribution >= 4 is 27.3 Å². The molecule has 0 bridgehead atoms. The molecule has 0 aliphatic carbocycles. The largest absolute Gasteiger partial charge is 0.312 e. The van der Waals surface area contributed by atoms with Gasteiger partial charge in [0, 0.05) is 30.1 Å². The molecule has 0 amide bonds. The van der Waals surface area contributed by atoms with Crippen molar-refractivity contribution < 1.29 is 0 Å². The Morgan fingerprint density at radius 3 is 3.12 bits per heavy atom. The molecule has 2 aliphatic rings. The minimum atomic E-state index is 0.751. The van der Waals surface area contributed by atoms with E-state index in [9.17, 15) is 0 Å². The zero-order chi connectivity index (χ0) is 11.7. The molecule has 2 unspecified atom stereocenters. The van der Waals surface area contributed by atoms with Crippen molar-refractivity contribution in [2.24, 2.45) is 0 Å². The standard InChI is InChI=1S/C13H19BrN2S/c14-13-4-3-10(17-13)5-7-15-11-6-9-16-8-1-2-12(11)16/h3-4,11-12,15H,1-2,5-9H2. The smallest absolute Gasteiger partial charge is 0.0701 e. The molecule has 2 saturated heterocycles. The molecule has 1 aromatic rings. The highest BCUT2D eigenvalue weighted by molar-refractivity contribution is 9.11. The molecule has 3 heterocycles. The predicted octanol–water partition coefficient (Wildman–Crippen LogP) is 2.88. The van der Waals surface area contributed by atoms with Crippen LogP contribution < -0.4 is 5.32 Å². The van der Waals surface area contributed by atoms with Crippen LogP contribution in [0.5, 0.6) is 0 Å². The van der Waals surface area contributed by atoms with Crippen molar-refractivity contribution in [3.8, 4) is 0 Å². The monoisotopic (exact) mass is 314 g/mol. The van der Waals surface area contributed by atoms with Crippen LogP contribution in [0.25, 0.3) is 0 Å². The second-order valence-corrected chi connectivity index (χ2v) is 7.60. The van der Waals surface area contributed by atoms with Gasteiger partial charge in [0.15, 0.2) is 0 Å². The van der Waals surface area contributed by atoms with Gasteiger partial charge in [-0.25, -0.2) is 0 Å². The van der Waals surface area contributed by atoms with Gasteiger partial charge in [-0.15, -0.1) is 11.3 Å². The van der Waals surface area contributed by atoms with Gasteiger partial charge in [0.1, 0.15) is 0 Å². The molecule has 0 saturated carbocycles. The Kier molecular flexibility index (Phi) is 3.85. The number of fused-ring (bicyclic) bond motifs is 1. The van der Waals surface area contributed by atoms with E-state index in [1.54, 1.807) is 0 Å². The normalized spacial score (nSPS) is 28.8. The Labute approximate surface area is 116 Å². The Morgan fingerprint density at radius 2 is 2.29 bits per heavy atom. The van der Waals surface area contributed by atoms with E-state index in [4.69, 9.17) is 0 Å². The zero-order valence-electron chi connectivity index (χ0n) is 9.99. The van der Waals surface area contributed by atoms with Gasteiger partial charge in [-0.2, -0.15) is 0 Å². The van der Waals surface area contributed by atoms with Crippen LogP contribution in [0.1, 0.15) is 24.1 Å². The van der Waals surface area contributed by atoms with Gasteiger partial charge >= 0.3 is 0 Å². The molecule has 3 rings (SSSR count). The van der Waals surface area contributed by atoms with Crippen LogP contribution in [-0.4, -0.2) is 36.6 Å².